The molecule has 290 valence electrons. The average molecular weight is 841 g/mol. The quantitative estimate of drug-likeness (QED) is 0.192. The van der Waals surface area contributed by atoms with Crippen molar-refractivity contribution in [2.45, 2.75) is 102 Å². The lowest BCUT2D eigenvalue weighted by molar-refractivity contribution is 0.0205. The van der Waals surface area contributed by atoms with Crippen molar-refractivity contribution in [3.05, 3.63) is 84.2 Å². The maximum atomic E-state index is 13.5. The fourth-order valence-electron chi connectivity index (χ4n) is 9.19. The molecule has 0 N–H and O–H groups in total. The van der Waals surface area contributed by atoms with Gasteiger partial charge in [-0.05, 0) is 102 Å². The van der Waals surface area contributed by atoms with E-state index in [1.165, 1.54) is 42.9 Å². The highest BCUT2D eigenvalue weighted by Gasteiger charge is 2.48. The number of fused-ring (bicyclic) bond motifs is 8. The molecule has 0 atom stereocenters. The fourth-order valence-corrected chi connectivity index (χ4v) is 13.7. The molecule has 1 aromatic carbocycles. The summed E-state index contributed by atoms with van der Waals surface area (Å²) in [5, 5.41) is 38.3. The molecule has 0 saturated heterocycles. The van der Waals surface area contributed by atoms with Crippen LogP contribution in [0.1, 0.15) is 98.9 Å². The first-order valence-corrected chi connectivity index (χ1v) is 22.8. The molecule has 0 radical (unpaired) electrons. The Morgan fingerprint density at radius 1 is 0.621 bits per heavy atom. The summed E-state index contributed by atoms with van der Waals surface area (Å²) in [4.78, 5) is 30.8. The standard InChI is InChI=1S/C44H36N6O4S4/c1-3-49-39(51)35(57-41(49)25(21-45)22-46)17-27-15-33-37(55-27)29-19-32-30(20-31(29)43(53-33)11-7-5-8-12-43)38-34(54-44(32)13-9-6-10-14-44)16-28(56-38)18-36-40(52)50(4-2)42(58-36)26(23-47)24-48/h15-20H,3-14H2,1-2H3/b35-17+,36-18+. The van der Waals surface area contributed by atoms with Crippen molar-refractivity contribution in [1.29, 1.82) is 21.0 Å². The number of nitrogens with zero attached hydrogens (tertiary/aromatic N) is 6. The molecule has 10 nitrogen and oxygen atoms in total. The van der Waals surface area contributed by atoms with Gasteiger partial charge >= 0.3 is 0 Å². The number of thiazole rings is 2. The van der Waals surface area contributed by atoms with Gasteiger partial charge in [0.1, 0.15) is 56.3 Å². The van der Waals surface area contributed by atoms with Crippen LogP contribution >= 0.6 is 45.3 Å². The van der Waals surface area contributed by atoms with E-state index < -0.39 is 11.2 Å². The molecular weight excluding hydrogens is 805 g/mol. The van der Waals surface area contributed by atoms with E-state index in [0.29, 0.717) is 31.5 Å². The van der Waals surface area contributed by atoms with Crippen LogP contribution in [0.25, 0.3) is 44.2 Å². The predicted molar refractivity (Wildman–Crippen MR) is 227 cm³/mol. The summed E-state index contributed by atoms with van der Waals surface area (Å²) in [6.45, 7) is 4.37. The van der Waals surface area contributed by atoms with E-state index in [0.717, 1.165) is 106 Å². The molecule has 5 aromatic rings. The van der Waals surface area contributed by atoms with Crippen molar-refractivity contribution < 1.29 is 9.47 Å². The lowest BCUT2D eigenvalue weighted by Crippen LogP contribution is -2.40. The second-order valence-electron chi connectivity index (χ2n) is 15.1. The molecule has 0 unspecified atom stereocenters. The summed E-state index contributed by atoms with van der Waals surface area (Å²) in [6, 6.07) is 16.6. The number of rotatable bonds is 4. The van der Waals surface area contributed by atoms with Gasteiger partial charge in [-0.2, -0.15) is 21.0 Å². The van der Waals surface area contributed by atoms with Gasteiger partial charge < -0.3 is 9.47 Å². The number of hydrogen-bond acceptors (Lipinski definition) is 12. The van der Waals surface area contributed by atoms with Gasteiger partial charge in [0.25, 0.3) is 11.1 Å². The third-order valence-corrected chi connectivity index (χ3v) is 16.3. The van der Waals surface area contributed by atoms with E-state index in [-0.39, 0.29) is 22.3 Å². The normalized spacial score (nSPS) is 17.4. The van der Waals surface area contributed by atoms with Crippen LogP contribution in [0.15, 0.2) is 33.9 Å². The highest BCUT2D eigenvalue weighted by atomic mass is 32.1. The maximum absolute atomic E-state index is 13.5. The smallest absolute Gasteiger partial charge is 0.269 e. The maximum Gasteiger partial charge on any atom is 0.269 e. The fraction of sp³-hybridized carbons (Fsp3) is 0.364. The van der Waals surface area contributed by atoms with Crippen molar-refractivity contribution in [1.82, 2.24) is 9.13 Å². The van der Waals surface area contributed by atoms with Gasteiger partial charge in [0, 0.05) is 45.1 Å². The Labute approximate surface area is 349 Å². The SMILES string of the molecule is CCn1c(=C(C#N)C#N)s/c(=C/c2cc3c(s2)-c2cc4c(cc2C2(CCCCC2)O3)-c2sc(/C=c3/sc(=C(C#N)C#N)n(CC)c3=O)cc2OC42CCCCC2)c1=O. The first-order valence-electron chi connectivity index (χ1n) is 19.6. The van der Waals surface area contributed by atoms with Crippen LogP contribution in [-0.4, -0.2) is 9.13 Å². The van der Waals surface area contributed by atoms with E-state index in [1.54, 1.807) is 22.7 Å². The van der Waals surface area contributed by atoms with E-state index in [1.807, 2.05) is 62.4 Å². The molecule has 2 saturated carbocycles. The van der Waals surface area contributed by atoms with E-state index in [2.05, 4.69) is 12.1 Å². The van der Waals surface area contributed by atoms with Gasteiger partial charge in [0.2, 0.25) is 0 Å². The van der Waals surface area contributed by atoms with Crippen LogP contribution in [0.3, 0.4) is 0 Å². The topological polar surface area (TPSA) is 158 Å². The lowest BCUT2D eigenvalue weighted by Gasteiger charge is -2.45. The van der Waals surface area contributed by atoms with Crippen LogP contribution in [0.2, 0.25) is 0 Å². The summed E-state index contributed by atoms with van der Waals surface area (Å²) in [6.07, 6.45) is 13.7. The molecule has 2 aliphatic heterocycles. The molecule has 6 heterocycles. The zero-order valence-corrected chi connectivity index (χ0v) is 35.2. The van der Waals surface area contributed by atoms with Crippen molar-refractivity contribution >= 4 is 68.6 Å². The highest BCUT2D eigenvalue weighted by molar-refractivity contribution is 7.17. The van der Waals surface area contributed by atoms with Gasteiger partial charge in [0.15, 0.2) is 11.1 Å². The number of thiophene rings is 2. The minimum Gasteiger partial charge on any atom is -0.481 e. The lowest BCUT2D eigenvalue weighted by atomic mass is 9.71. The number of nitriles is 4. The van der Waals surface area contributed by atoms with Crippen LogP contribution in [0.5, 0.6) is 11.5 Å². The number of aromatic nitrogens is 2. The van der Waals surface area contributed by atoms with Crippen molar-refractivity contribution in [3.63, 3.8) is 0 Å². The van der Waals surface area contributed by atoms with Crippen molar-refractivity contribution in [3.8, 4) is 56.7 Å². The molecule has 0 bridgehead atoms. The van der Waals surface area contributed by atoms with Crippen LogP contribution < -0.4 is 39.0 Å². The molecule has 2 aliphatic carbocycles. The van der Waals surface area contributed by atoms with Gasteiger partial charge in [-0.1, -0.05) is 12.8 Å². The first kappa shape index (κ1) is 38.1. The van der Waals surface area contributed by atoms with Gasteiger partial charge in [-0.3, -0.25) is 18.7 Å². The van der Waals surface area contributed by atoms with Crippen LogP contribution in [0.4, 0.5) is 0 Å². The Bertz CT molecular complexity index is 2870. The van der Waals surface area contributed by atoms with Crippen LogP contribution in [-0.2, 0) is 24.3 Å². The van der Waals surface area contributed by atoms with Gasteiger partial charge in [0.05, 0.1) is 18.8 Å². The zero-order valence-electron chi connectivity index (χ0n) is 31.9. The number of benzene rings is 1. The largest absolute Gasteiger partial charge is 0.481 e. The molecule has 4 aromatic heterocycles. The Morgan fingerprint density at radius 2 is 1.00 bits per heavy atom. The second-order valence-corrected chi connectivity index (χ2v) is 19.3. The summed E-state index contributed by atoms with van der Waals surface area (Å²) >= 11 is 5.51. The Hall–Kier alpha value is -5.48. The molecule has 2 fully saturated rings. The molecule has 14 heteroatoms. The summed E-state index contributed by atoms with van der Waals surface area (Å²) < 4.78 is 18.9. The zero-order chi connectivity index (χ0) is 40.3. The molecule has 0 amide bonds. The van der Waals surface area contributed by atoms with Gasteiger partial charge in [-0.15, -0.1) is 45.3 Å². The Morgan fingerprint density at radius 3 is 1.34 bits per heavy atom. The summed E-state index contributed by atoms with van der Waals surface area (Å²) in [7, 11) is 0. The van der Waals surface area contributed by atoms with Crippen molar-refractivity contribution in [2.24, 2.45) is 0 Å². The molecular formula is C44H36N6O4S4. The number of hydrogen-bond donors (Lipinski definition) is 0. The Kier molecular flexibility index (Phi) is 9.66. The molecule has 58 heavy (non-hydrogen) atoms. The number of ether oxygens (including phenoxy) is 2. The summed E-state index contributed by atoms with van der Waals surface area (Å²) in [5.41, 5.74) is 3.01. The predicted octanol–water partition coefficient (Wildman–Crippen LogP) is 6.79. The third-order valence-electron chi connectivity index (χ3n) is 11.9. The minimum atomic E-state index is -0.513. The van der Waals surface area contributed by atoms with E-state index >= 15 is 0 Å². The monoisotopic (exact) mass is 840 g/mol. The minimum absolute atomic E-state index is 0.0722. The second kappa shape index (κ2) is 14.7. The summed E-state index contributed by atoms with van der Waals surface area (Å²) in [5.74, 6) is 1.62. The third kappa shape index (κ3) is 5.93. The highest BCUT2D eigenvalue weighted by Crippen LogP contribution is 2.60. The van der Waals surface area contributed by atoms with E-state index in [4.69, 9.17) is 9.47 Å². The molecule has 9 rings (SSSR count). The molecule has 2 spiro atoms. The van der Waals surface area contributed by atoms with E-state index in [9.17, 15) is 30.6 Å². The van der Waals surface area contributed by atoms with Gasteiger partial charge in [-0.25, -0.2) is 0 Å². The average Bonchev–Trinajstić information content (AvgIpc) is 3.99. The first-order chi connectivity index (χ1) is 28.2. The Balaban J connectivity index is 1.24. The van der Waals surface area contributed by atoms with Crippen molar-refractivity contribution in [2.75, 3.05) is 0 Å². The molecule has 4 aliphatic rings. The van der Waals surface area contributed by atoms with Crippen LogP contribution in [0, 0.1) is 45.3 Å².